The van der Waals surface area contributed by atoms with Crippen LogP contribution in [-0.2, 0) is 4.79 Å². The maximum absolute atomic E-state index is 11.9. The van der Waals surface area contributed by atoms with Gasteiger partial charge in [0.05, 0.1) is 6.61 Å². The fourth-order valence-electron chi connectivity index (χ4n) is 1.79. The Morgan fingerprint density at radius 1 is 1.10 bits per heavy atom. The molecule has 112 valence electrons. The number of nitrogens with one attached hydrogen (secondary N) is 1. The van der Waals surface area contributed by atoms with Crippen LogP contribution in [-0.4, -0.2) is 24.7 Å². The van der Waals surface area contributed by atoms with E-state index in [4.69, 9.17) is 9.47 Å². The van der Waals surface area contributed by atoms with Gasteiger partial charge in [0.1, 0.15) is 0 Å². The second-order valence-electron chi connectivity index (χ2n) is 4.98. The van der Waals surface area contributed by atoms with E-state index >= 15 is 0 Å². The molecule has 0 saturated carbocycles. The van der Waals surface area contributed by atoms with Crippen molar-refractivity contribution in [1.82, 2.24) is 5.32 Å². The molecule has 1 aromatic rings. The van der Waals surface area contributed by atoms with Gasteiger partial charge in [-0.15, -0.1) is 0 Å². The predicted octanol–water partition coefficient (Wildman–Crippen LogP) is 3.16. The highest BCUT2D eigenvalue weighted by molar-refractivity contribution is 5.78. The van der Waals surface area contributed by atoms with Gasteiger partial charge < -0.3 is 14.8 Å². The normalized spacial score (nSPS) is 11.0. The summed E-state index contributed by atoms with van der Waals surface area (Å²) in [4.78, 5) is 11.9. The molecule has 0 saturated heterocycles. The predicted molar refractivity (Wildman–Crippen MR) is 80.2 cm³/mol. The summed E-state index contributed by atoms with van der Waals surface area (Å²) in [5.41, 5.74) is -0.167. The molecule has 1 aromatic carbocycles. The van der Waals surface area contributed by atoms with Crippen molar-refractivity contribution in [1.29, 1.82) is 0 Å². The molecule has 0 aliphatic heterocycles. The minimum atomic E-state index is -0.167. The van der Waals surface area contributed by atoms with Gasteiger partial charge in [0, 0.05) is 5.54 Å². The first-order chi connectivity index (χ1) is 9.54. The number of para-hydroxylation sites is 2. The van der Waals surface area contributed by atoms with E-state index in [2.05, 4.69) is 19.2 Å². The van der Waals surface area contributed by atoms with Crippen LogP contribution < -0.4 is 14.8 Å². The number of amides is 1. The average molecular weight is 279 g/mol. The number of rotatable bonds is 8. The lowest BCUT2D eigenvalue weighted by molar-refractivity contribution is -0.125. The first kappa shape index (κ1) is 16.3. The summed E-state index contributed by atoms with van der Waals surface area (Å²) in [7, 11) is 0. The highest BCUT2D eigenvalue weighted by Gasteiger charge is 2.22. The van der Waals surface area contributed by atoms with E-state index in [9.17, 15) is 4.79 Å². The van der Waals surface area contributed by atoms with Crippen LogP contribution in [0.15, 0.2) is 24.3 Å². The van der Waals surface area contributed by atoms with E-state index in [1.165, 1.54) is 0 Å². The van der Waals surface area contributed by atoms with Crippen molar-refractivity contribution in [2.24, 2.45) is 0 Å². The van der Waals surface area contributed by atoms with Gasteiger partial charge in [0.2, 0.25) is 0 Å². The first-order valence-electron chi connectivity index (χ1n) is 7.20. The molecule has 1 rings (SSSR count). The molecule has 4 heteroatoms. The summed E-state index contributed by atoms with van der Waals surface area (Å²) in [5.74, 6) is 1.15. The smallest absolute Gasteiger partial charge is 0.258 e. The van der Waals surface area contributed by atoms with Gasteiger partial charge in [-0.05, 0) is 38.8 Å². The second-order valence-corrected chi connectivity index (χ2v) is 4.98. The highest BCUT2D eigenvalue weighted by atomic mass is 16.5. The summed E-state index contributed by atoms with van der Waals surface area (Å²) >= 11 is 0. The van der Waals surface area contributed by atoms with Gasteiger partial charge in [-0.25, -0.2) is 0 Å². The third kappa shape index (κ3) is 4.76. The molecule has 0 spiro atoms. The van der Waals surface area contributed by atoms with Gasteiger partial charge in [0.15, 0.2) is 18.1 Å². The molecule has 1 N–H and O–H groups in total. The van der Waals surface area contributed by atoms with Crippen molar-refractivity contribution in [3.8, 4) is 11.5 Å². The maximum Gasteiger partial charge on any atom is 0.258 e. The maximum atomic E-state index is 11.9. The van der Waals surface area contributed by atoms with Gasteiger partial charge in [-0.2, -0.15) is 0 Å². The molecule has 0 bridgehead atoms. The van der Waals surface area contributed by atoms with Crippen LogP contribution in [0.4, 0.5) is 0 Å². The Morgan fingerprint density at radius 3 is 2.15 bits per heavy atom. The van der Waals surface area contributed by atoms with Crippen LogP contribution in [0.2, 0.25) is 0 Å². The lowest BCUT2D eigenvalue weighted by Crippen LogP contribution is -2.46. The van der Waals surface area contributed by atoms with Gasteiger partial charge in [0.25, 0.3) is 5.91 Å². The van der Waals surface area contributed by atoms with E-state index < -0.39 is 0 Å². The summed E-state index contributed by atoms with van der Waals surface area (Å²) in [6.45, 7) is 8.65. The summed E-state index contributed by atoms with van der Waals surface area (Å²) in [5, 5.41) is 3.01. The van der Waals surface area contributed by atoms with Crippen LogP contribution in [0, 0.1) is 0 Å². The molecule has 0 atom stereocenters. The molecular weight excluding hydrogens is 254 g/mol. The Hall–Kier alpha value is -1.71. The quantitative estimate of drug-likeness (QED) is 0.795. The summed E-state index contributed by atoms with van der Waals surface area (Å²) in [6.07, 6.45) is 1.79. The van der Waals surface area contributed by atoms with E-state index in [0.717, 1.165) is 12.8 Å². The number of ether oxygens (including phenoxy) is 2. The number of carbonyl (C=O) groups is 1. The Morgan fingerprint density at radius 2 is 1.65 bits per heavy atom. The van der Waals surface area contributed by atoms with Crippen LogP contribution in [0.25, 0.3) is 0 Å². The number of hydrogen-bond donors (Lipinski definition) is 1. The lowest BCUT2D eigenvalue weighted by atomic mass is 9.96. The molecule has 0 heterocycles. The summed E-state index contributed by atoms with van der Waals surface area (Å²) < 4.78 is 11.0. The Kier molecular flexibility index (Phi) is 6.36. The topological polar surface area (TPSA) is 47.6 Å². The Bertz CT molecular complexity index is 427. The zero-order valence-corrected chi connectivity index (χ0v) is 12.9. The van der Waals surface area contributed by atoms with Crippen molar-refractivity contribution < 1.29 is 14.3 Å². The molecule has 0 fully saturated rings. The van der Waals surface area contributed by atoms with Crippen LogP contribution in [0.5, 0.6) is 11.5 Å². The lowest BCUT2D eigenvalue weighted by Gasteiger charge is -2.28. The highest BCUT2D eigenvalue weighted by Crippen LogP contribution is 2.26. The Balaban J connectivity index is 2.57. The molecule has 1 amide bonds. The standard InChI is InChI=1S/C16H25NO3/c1-5-16(4,6-2)17-15(18)12-20-14-11-9-8-10-13(14)19-7-3/h8-11H,5-7,12H2,1-4H3,(H,17,18). The molecule has 0 aliphatic carbocycles. The van der Waals surface area contributed by atoms with E-state index in [0.29, 0.717) is 18.1 Å². The molecule has 0 aromatic heterocycles. The second kappa shape index (κ2) is 7.78. The SMILES string of the molecule is CCOc1ccccc1OCC(=O)NC(C)(CC)CC. The zero-order valence-electron chi connectivity index (χ0n) is 12.9. The van der Waals surface area contributed by atoms with Crippen molar-refractivity contribution in [3.05, 3.63) is 24.3 Å². The molecule has 0 radical (unpaired) electrons. The summed E-state index contributed by atoms with van der Waals surface area (Å²) in [6, 6.07) is 7.37. The van der Waals surface area contributed by atoms with Gasteiger partial charge >= 0.3 is 0 Å². The third-order valence-electron chi connectivity index (χ3n) is 3.51. The number of carbonyl (C=O) groups excluding carboxylic acids is 1. The van der Waals surface area contributed by atoms with Crippen molar-refractivity contribution in [2.75, 3.05) is 13.2 Å². The molecule has 0 aliphatic rings. The molecule has 4 nitrogen and oxygen atoms in total. The zero-order chi connectivity index (χ0) is 15.0. The van der Waals surface area contributed by atoms with E-state index in [1.54, 1.807) is 6.07 Å². The minimum absolute atomic E-state index is 0.000320. The largest absolute Gasteiger partial charge is 0.490 e. The van der Waals surface area contributed by atoms with Crippen LogP contribution in [0.3, 0.4) is 0 Å². The van der Waals surface area contributed by atoms with Crippen molar-refractivity contribution in [3.63, 3.8) is 0 Å². The Labute approximate surface area is 121 Å². The van der Waals surface area contributed by atoms with Crippen molar-refractivity contribution in [2.45, 2.75) is 46.1 Å². The fraction of sp³-hybridized carbons (Fsp3) is 0.562. The number of hydrogen-bond acceptors (Lipinski definition) is 3. The first-order valence-corrected chi connectivity index (χ1v) is 7.20. The fourth-order valence-corrected chi connectivity index (χ4v) is 1.79. The molecule has 20 heavy (non-hydrogen) atoms. The van der Waals surface area contributed by atoms with Crippen molar-refractivity contribution >= 4 is 5.91 Å². The van der Waals surface area contributed by atoms with E-state index in [1.807, 2.05) is 32.0 Å². The van der Waals surface area contributed by atoms with Gasteiger partial charge in [-0.3, -0.25) is 4.79 Å². The minimum Gasteiger partial charge on any atom is -0.490 e. The van der Waals surface area contributed by atoms with E-state index in [-0.39, 0.29) is 18.1 Å². The number of benzene rings is 1. The van der Waals surface area contributed by atoms with Crippen LogP contribution >= 0.6 is 0 Å². The molecule has 0 unspecified atom stereocenters. The third-order valence-corrected chi connectivity index (χ3v) is 3.51. The van der Waals surface area contributed by atoms with Crippen LogP contribution in [0.1, 0.15) is 40.5 Å². The van der Waals surface area contributed by atoms with Gasteiger partial charge in [-0.1, -0.05) is 26.0 Å². The monoisotopic (exact) mass is 279 g/mol. The average Bonchev–Trinajstić information content (AvgIpc) is 2.46. The molecular formula is C16H25NO3.